The molecule has 0 saturated heterocycles. The summed E-state index contributed by atoms with van der Waals surface area (Å²) in [5, 5.41) is 16.3. The molecule has 3 aliphatic carbocycles. The summed E-state index contributed by atoms with van der Waals surface area (Å²) >= 11 is 0. The van der Waals surface area contributed by atoms with Gasteiger partial charge in [-0.2, -0.15) is 0 Å². The van der Waals surface area contributed by atoms with E-state index in [0.717, 1.165) is 61.1 Å². The van der Waals surface area contributed by atoms with Gasteiger partial charge in [-0.05, 0) is 68.1 Å². The summed E-state index contributed by atoms with van der Waals surface area (Å²) in [7, 11) is 0. The van der Waals surface area contributed by atoms with Crippen molar-refractivity contribution in [2.45, 2.75) is 50.6 Å². The van der Waals surface area contributed by atoms with Crippen LogP contribution in [0.1, 0.15) is 50.0 Å². The molecule has 146 valence electrons. The average Bonchev–Trinajstić information content (AvgIpc) is 3.34. The minimum atomic E-state index is -0.685. The van der Waals surface area contributed by atoms with Gasteiger partial charge in [0.2, 0.25) is 5.96 Å². The van der Waals surface area contributed by atoms with Gasteiger partial charge >= 0.3 is 5.97 Å². The molecule has 6 nitrogen and oxygen atoms in total. The first-order chi connectivity index (χ1) is 13.7. The standard InChI is InChI=1S/C22H26N4O2/c27-21(28)17-10-9-16(17)14-3-1-4-15(11-14)24-20-18-5-2-6-19(18)25-22(26-20)23-12-13-7-8-13/h1,3-5,11,13,16-17,20,24H,2,6-10,12H2,(H,23,26)(H,27,28). The molecule has 6 heteroatoms. The summed E-state index contributed by atoms with van der Waals surface area (Å²) in [6.45, 7) is 0.953. The van der Waals surface area contributed by atoms with Crippen LogP contribution < -0.4 is 10.6 Å². The molecule has 28 heavy (non-hydrogen) atoms. The van der Waals surface area contributed by atoms with E-state index in [-0.39, 0.29) is 18.0 Å². The van der Waals surface area contributed by atoms with Gasteiger partial charge < -0.3 is 15.7 Å². The molecule has 1 heterocycles. The van der Waals surface area contributed by atoms with E-state index in [9.17, 15) is 9.90 Å². The molecule has 5 rings (SSSR count). The lowest BCUT2D eigenvalue weighted by Crippen LogP contribution is -2.35. The maximum Gasteiger partial charge on any atom is 0.307 e. The zero-order valence-corrected chi connectivity index (χ0v) is 15.9. The SMILES string of the molecule is O=C(O)C1CCC1c1cccc(NC2N=C(NCC3CC3)N=C3CCC=C32)c1. The van der Waals surface area contributed by atoms with Gasteiger partial charge in [0.15, 0.2) is 0 Å². The number of rotatable bonds is 6. The number of carboxylic acid groups (broad SMARTS) is 1. The van der Waals surface area contributed by atoms with Crippen LogP contribution in [0.3, 0.4) is 0 Å². The van der Waals surface area contributed by atoms with Crippen molar-refractivity contribution in [2.24, 2.45) is 21.8 Å². The van der Waals surface area contributed by atoms with Crippen molar-refractivity contribution >= 4 is 23.3 Å². The smallest absolute Gasteiger partial charge is 0.307 e. The summed E-state index contributed by atoms with van der Waals surface area (Å²) < 4.78 is 0. The van der Waals surface area contributed by atoms with Crippen molar-refractivity contribution in [2.75, 3.05) is 11.9 Å². The lowest BCUT2D eigenvalue weighted by molar-refractivity contribution is -0.145. The summed E-state index contributed by atoms with van der Waals surface area (Å²) in [6.07, 6.45) is 8.40. The van der Waals surface area contributed by atoms with Crippen molar-refractivity contribution in [1.82, 2.24) is 5.32 Å². The van der Waals surface area contributed by atoms with Gasteiger partial charge in [0, 0.05) is 17.8 Å². The number of fused-ring (bicyclic) bond motifs is 1. The number of aliphatic carboxylic acids is 1. The predicted octanol–water partition coefficient (Wildman–Crippen LogP) is 3.53. The molecular weight excluding hydrogens is 352 g/mol. The molecule has 3 unspecified atom stereocenters. The van der Waals surface area contributed by atoms with E-state index in [1.807, 2.05) is 18.2 Å². The van der Waals surface area contributed by atoms with Gasteiger partial charge in [-0.3, -0.25) is 4.79 Å². The number of nitrogens with one attached hydrogen (secondary N) is 2. The molecule has 2 saturated carbocycles. The monoisotopic (exact) mass is 378 g/mol. The second-order valence-corrected chi connectivity index (χ2v) is 8.33. The van der Waals surface area contributed by atoms with E-state index in [0.29, 0.717) is 0 Å². The molecule has 0 aromatic heterocycles. The second kappa shape index (κ2) is 7.08. The van der Waals surface area contributed by atoms with E-state index >= 15 is 0 Å². The highest BCUT2D eigenvalue weighted by Gasteiger charge is 2.37. The fraction of sp³-hybridized carbons (Fsp3) is 0.500. The van der Waals surface area contributed by atoms with Crippen LogP contribution in [-0.4, -0.2) is 35.5 Å². The van der Waals surface area contributed by atoms with E-state index in [2.05, 4.69) is 22.8 Å². The maximum absolute atomic E-state index is 11.4. The summed E-state index contributed by atoms with van der Waals surface area (Å²) in [4.78, 5) is 20.9. The Hall–Kier alpha value is -2.63. The van der Waals surface area contributed by atoms with Gasteiger partial charge in [0.25, 0.3) is 0 Å². The second-order valence-electron chi connectivity index (χ2n) is 8.33. The summed E-state index contributed by atoms with van der Waals surface area (Å²) in [6, 6.07) is 8.17. The van der Waals surface area contributed by atoms with Gasteiger partial charge in [0.1, 0.15) is 6.17 Å². The Kier molecular flexibility index (Phi) is 4.41. The first-order valence-electron chi connectivity index (χ1n) is 10.4. The summed E-state index contributed by atoms with van der Waals surface area (Å²) in [5.74, 6) is 0.690. The summed E-state index contributed by atoms with van der Waals surface area (Å²) in [5.41, 5.74) is 4.39. The van der Waals surface area contributed by atoms with Gasteiger partial charge in [-0.25, -0.2) is 9.98 Å². The number of nitrogens with zero attached hydrogens (tertiary/aromatic N) is 2. The Bertz CT molecular complexity index is 884. The first kappa shape index (κ1) is 17.5. The van der Waals surface area contributed by atoms with Crippen LogP contribution in [0.15, 0.2) is 45.9 Å². The molecule has 0 spiro atoms. The van der Waals surface area contributed by atoms with Crippen LogP contribution in [0, 0.1) is 11.8 Å². The van der Waals surface area contributed by atoms with Crippen molar-refractivity contribution in [1.29, 1.82) is 0 Å². The van der Waals surface area contributed by atoms with Crippen LogP contribution in [-0.2, 0) is 4.79 Å². The first-order valence-corrected chi connectivity index (χ1v) is 10.4. The zero-order valence-electron chi connectivity index (χ0n) is 15.9. The number of allylic oxidation sites excluding steroid dienone is 1. The zero-order chi connectivity index (χ0) is 19.1. The molecule has 4 aliphatic rings. The third-order valence-electron chi connectivity index (χ3n) is 6.32. The van der Waals surface area contributed by atoms with E-state index in [1.54, 1.807) is 0 Å². The van der Waals surface area contributed by atoms with Gasteiger partial charge in [0.05, 0.1) is 11.6 Å². The molecule has 3 atom stereocenters. The molecule has 1 aliphatic heterocycles. The number of carbonyl (C=O) groups is 1. The minimum Gasteiger partial charge on any atom is -0.481 e. The van der Waals surface area contributed by atoms with Crippen molar-refractivity contribution in [3.63, 3.8) is 0 Å². The Morgan fingerprint density at radius 3 is 2.86 bits per heavy atom. The van der Waals surface area contributed by atoms with E-state index < -0.39 is 5.97 Å². The molecule has 0 bridgehead atoms. The fourth-order valence-corrected chi connectivity index (χ4v) is 4.33. The highest BCUT2D eigenvalue weighted by Crippen LogP contribution is 2.43. The van der Waals surface area contributed by atoms with Crippen molar-refractivity contribution < 1.29 is 9.90 Å². The maximum atomic E-state index is 11.4. The highest BCUT2D eigenvalue weighted by atomic mass is 16.4. The molecule has 1 aromatic carbocycles. The third kappa shape index (κ3) is 3.43. The minimum absolute atomic E-state index is 0.118. The van der Waals surface area contributed by atoms with Crippen molar-refractivity contribution in [3.05, 3.63) is 41.5 Å². The number of aliphatic imine (C=N–C) groups is 2. The molecule has 3 N–H and O–H groups in total. The van der Waals surface area contributed by atoms with Gasteiger partial charge in [-0.1, -0.05) is 18.2 Å². The van der Waals surface area contributed by atoms with E-state index in [4.69, 9.17) is 9.98 Å². The predicted molar refractivity (Wildman–Crippen MR) is 110 cm³/mol. The van der Waals surface area contributed by atoms with Crippen molar-refractivity contribution in [3.8, 4) is 0 Å². The number of benzene rings is 1. The molecule has 0 amide bonds. The molecular formula is C22H26N4O2. The lowest BCUT2D eigenvalue weighted by Gasteiger charge is -2.34. The lowest BCUT2D eigenvalue weighted by atomic mass is 9.70. The fourth-order valence-electron chi connectivity index (χ4n) is 4.33. The molecule has 0 radical (unpaired) electrons. The molecule has 1 aromatic rings. The van der Waals surface area contributed by atoms with Crippen LogP contribution in [0.5, 0.6) is 0 Å². The largest absolute Gasteiger partial charge is 0.481 e. The number of anilines is 1. The number of hydrogen-bond donors (Lipinski definition) is 3. The highest BCUT2D eigenvalue weighted by molar-refractivity contribution is 6.11. The number of guanidine groups is 1. The Balaban J connectivity index is 1.33. The van der Waals surface area contributed by atoms with Crippen LogP contribution in [0.4, 0.5) is 5.69 Å². The topological polar surface area (TPSA) is 86.1 Å². The Labute approximate surface area is 164 Å². The Morgan fingerprint density at radius 1 is 1.21 bits per heavy atom. The molecule has 2 fully saturated rings. The van der Waals surface area contributed by atoms with Gasteiger partial charge in [-0.15, -0.1) is 0 Å². The van der Waals surface area contributed by atoms with Crippen LogP contribution in [0.25, 0.3) is 0 Å². The third-order valence-corrected chi connectivity index (χ3v) is 6.32. The number of hydrogen-bond acceptors (Lipinski definition) is 5. The van der Waals surface area contributed by atoms with E-state index in [1.165, 1.54) is 18.4 Å². The normalized spacial score (nSPS) is 28.4. The quantitative estimate of drug-likeness (QED) is 0.707. The average molecular weight is 378 g/mol. The van der Waals surface area contributed by atoms with Crippen LogP contribution in [0.2, 0.25) is 0 Å². The van der Waals surface area contributed by atoms with Crippen LogP contribution >= 0.6 is 0 Å². The Morgan fingerprint density at radius 2 is 2.11 bits per heavy atom. The number of carboxylic acids is 1.